The van der Waals surface area contributed by atoms with Crippen molar-refractivity contribution in [3.63, 3.8) is 0 Å². The summed E-state index contributed by atoms with van der Waals surface area (Å²) < 4.78 is 17.9. The van der Waals surface area contributed by atoms with Crippen molar-refractivity contribution in [3.05, 3.63) is 40.2 Å². The topological polar surface area (TPSA) is 52.4 Å². The molecule has 0 aromatic heterocycles. The van der Waals surface area contributed by atoms with Gasteiger partial charge < -0.3 is 4.74 Å². The number of unbranched alkanes of at least 4 members (excludes halogenated alkanes) is 1. The van der Waals surface area contributed by atoms with Crippen LogP contribution in [0.1, 0.15) is 12.8 Å². The largest absolute Gasteiger partial charge is 0.493 e. The Kier molecular flexibility index (Phi) is 4.53. The molecule has 0 saturated carbocycles. The summed E-state index contributed by atoms with van der Waals surface area (Å²) >= 11 is 0. The number of benzene rings is 1. The number of ether oxygens (including phenoxy) is 1. The number of nitrogens with zero attached hydrogens (tertiary/aromatic N) is 1. The molecule has 1 aromatic carbocycles. The first kappa shape index (κ1) is 11.4. The molecule has 0 amide bonds. The van der Waals surface area contributed by atoms with Crippen LogP contribution in [0.3, 0.4) is 0 Å². The molecular weight excluding hydrogens is 201 g/mol. The third-order valence-electron chi connectivity index (χ3n) is 1.80. The van der Waals surface area contributed by atoms with Crippen molar-refractivity contribution < 1.29 is 14.1 Å². The number of halogens is 1. The van der Waals surface area contributed by atoms with E-state index in [1.54, 1.807) is 12.1 Å². The summed E-state index contributed by atoms with van der Waals surface area (Å²) in [6.07, 6.45) is 1.07. The van der Waals surface area contributed by atoms with E-state index < -0.39 is 0 Å². The molecule has 5 heteroatoms. The molecule has 0 aliphatic rings. The van der Waals surface area contributed by atoms with Crippen molar-refractivity contribution in [2.45, 2.75) is 12.8 Å². The summed E-state index contributed by atoms with van der Waals surface area (Å²) in [5.41, 5.74) is 0. The smallest absolute Gasteiger partial charge is 0.204 e. The third-order valence-corrected chi connectivity index (χ3v) is 1.80. The molecule has 0 radical (unpaired) electrons. The molecule has 4 nitrogen and oxygen atoms in total. The van der Waals surface area contributed by atoms with Crippen LogP contribution in [0, 0.1) is 15.9 Å². The van der Waals surface area contributed by atoms with E-state index in [1.165, 1.54) is 12.1 Å². The van der Waals surface area contributed by atoms with E-state index in [9.17, 15) is 14.5 Å². The summed E-state index contributed by atoms with van der Waals surface area (Å²) in [4.78, 5) is 9.63. The first-order chi connectivity index (χ1) is 7.18. The Hall–Kier alpha value is -1.65. The molecule has 0 atom stereocenters. The van der Waals surface area contributed by atoms with E-state index >= 15 is 0 Å². The Morgan fingerprint density at radius 1 is 1.40 bits per heavy atom. The summed E-state index contributed by atoms with van der Waals surface area (Å²) in [5.74, 6) is 0.105. The fourth-order valence-corrected chi connectivity index (χ4v) is 1.09. The summed E-state index contributed by atoms with van der Waals surface area (Å²) in [7, 11) is 0. The average molecular weight is 213 g/mol. The minimum absolute atomic E-state index is 0.0491. The van der Waals surface area contributed by atoms with Crippen molar-refractivity contribution in [2.24, 2.45) is 0 Å². The van der Waals surface area contributed by atoms with Gasteiger partial charge in [-0.05, 0) is 18.6 Å². The van der Waals surface area contributed by atoms with Crippen LogP contribution >= 0.6 is 0 Å². The van der Waals surface area contributed by atoms with Gasteiger partial charge in [0.2, 0.25) is 6.54 Å². The van der Waals surface area contributed by atoms with E-state index in [0.29, 0.717) is 25.2 Å². The van der Waals surface area contributed by atoms with Crippen LogP contribution < -0.4 is 4.74 Å². The summed E-state index contributed by atoms with van der Waals surface area (Å²) in [6.45, 7) is 0.323. The van der Waals surface area contributed by atoms with Gasteiger partial charge in [-0.15, -0.1) is 0 Å². The first-order valence-corrected chi connectivity index (χ1v) is 4.68. The molecule has 0 spiro atoms. The first-order valence-electron chi connectivity index (χ1n) is 4.68. The van der Waals surface area contributed by atoms with Gasteiger partial charge in [-0.25, -0.2) is 4.39 Å². The highest BCUT2D eigenvalue weighted by Crippen LogP contribution is 2.12. The average Bonchev–Trinajstić information content (AvgIpc) is 2.17. The van der Waals surface area contributed by atoms with Gasteiger partial charge in [0.1, 0.15) is 11.6 Å². The van der Waals surface area contributed by atoms with Crippen molar-refractivity contribution >= 4 is 0 Å². The maximum Gasteiger partial charge on any atom is 0.204 e. The highest BCUT2D eigenvalue weighted by molar-refractivity contribution is 5.22. The fourth-order valence-electron chi connectivity index (χ4n) is 1.09. The van der Waals surface area contributed by atoms with E-state index in [2.05, 4.69) is 0 Å². The minimum atomic E-state index is -0.359. The van der Waals surface area contributed by atoms with Gasteiger partial charge in [-0.1, -0.05) is 6.07 Å². The lowest BCUT2D eigenvalue weighted by molar-refractivity contribution is -0.480. The molecule has 0 saturated heterocycles. The number of hydrogen-bond acceptors (Lipinski definition) is 3. The molecule has 0 heterocycles. The van der Waals surface area contributed by atoms with E-state index in [0.717, 1.165) is 0 Å². The number of rotatable bonds is 6. The zero-order valence-corrected chi connectivity index (χ0v) is 8.19. The third kappa shape index (κ3) is 4.95. The summed E-state index contributed by atoms with van der Waals surface area (Å²) in [6, 6.07) is 5.82. The van der Waals surface area contributed by atoms with Crippen molar-refractivity contribution in [3.8, 4) is 5.75 Å². The molecule has 0 N–H and O–H groups in total. The van der Waals surface area contributed by atoms with Crippen molar-refractivity contribution in [2.75, 3.05) is 13.2 Å². The van der Waals surface area contributed by atoms with Crippen molar-refractivity contribution in [1.82, 2.24) is 0 Å². The number of nitro groups is 1. The Morgan fingerprint density at radius 3 is 2.87 bits per heavy atom. The Bertz CT molecular complexity index is 330. The predicted octanol–water partition coefficient (Wildman–Crippen LogP) is 2.26. The second kappa shape index (κ2) is 5.95. The standard InChI is InChI=1S/C10H12FNO3/c11-9-4-3-5-10(8-9)15-7-2-1-6-12(13)14/h3-5,8H,1-2,6-7H2. The maximum absolute atomic E-state index is 12.7. The molecule has 1 rings (SSSR count). The zero-order chi connectivity index (χ0) is 11.1. The van der Waals surface area contributed by atoms with Crippen LogP contribution in [0.15, 0.2) is 24.3 Å². The maximum atomic E-state index is 12.7. The Balaban J connectivity index is 2.17. The molecule has 1 aromatic rings. The van der Waals surface area contributed by atoms with Crippen LogP contribution in [0.2, 0.25) is 0 Å². The highest BCUT2D eigenvalue weighted by atomic mass is 19.1. The van der Waals surface area contributed by atoms with E-state index in [4.69, 9.17) is 4.74 Å². The molecule has 0 aliphatic heterocycles. The summed E-state index contributed by atoms with van der Waals surface area (Å²) in [5, 5.41) is 9.99. The fraction of sp³-hybridized carbons (Fsp3) is 0.400. The van der Waals surface area contributed by atoms with Crippen LogP contribution in [-0.4, -0.2) is 18.1 Å². The molecule has 0 aliphatic carbocycles. The van der Waals surface area contributed by atoms with E-state index in [1.807, 2.05) is 0 Å². The lowest BCUT2D eigenvalue weighted by Crippen LogP contribution is -2.04. The van der Waals surface area contributed by atoms with Gasteiger partial charge in [-0.3, -0.25) is 10.1 Å². The van der Waals surface area contributed by atoms with Crippen LogP contribution in [-0.2, 0) is 0 Å². The van der Waals surface area contributed by atoms with Crippen LogP contribution in [0.5, 0.6) is 5.75 Å². The molecule has 0 unspecified atom stereocenters. The molecule has 15 heavy (non-hydrogen) atoms. The molecule has 0 fully saturated rings. The normalized spacial score (nSPS) is 9.93. The van der Waals surface area contributed by atoms with Crippen LogP contribution in [0.4, 0.5) is 4.39 Å². The molecule has 82 valence electrons. The SMILES string of the molecule is O=[N+]([O-])CCCCOc1cccc(F)c1. The highest BCUT2D eigenvalue weighted by Gasteiger charge is 1.98. The quantitative estimate of drug-likeness (QED) is 0.413. The lowest BCUT2D eigenvalue weighted by Gasteiger charge is -2.04. The Morgan fingerprint density at radius 2 is 2.20 bits per heavy atom. The van der Waals surface area contributed by atoms with Crippen molar-refractivity contribution in [1.29, 1.82) is 0 Å². The van der Waals surface area contributed by atoms with Gasteiger partial charge in [0.05, 0.1) is 6.61 Å². The lowest BCUT2D eigenvalue weighted by atomic mass is 10.3. The van der Waals surface area contributed by atoms with Gasteiger partial charge >= 0.3 is 0 Å². The second-order valence-corrected chi connectivity index (χ2v) is 3.07. The minimum Gasteiger partial charge on any atom is -0.493 e. The monoisotopic (exact) mass is 213 g/mol. The van der Waals surface area contributed by atoms with Gasteiger partial charge in [0, 0.05) is 17.4 Å². The van der Waals surface area contributed by atoms with Gasteiger partial charge in [0.15, 0.2) is 0 Å². The van der Waals surface area contributed by atoms with E-state index in [-0.39, 0.29) is 17.3 Å². The zero-order valence-electron chi connectivity index (χ0n) is 8.19. The van der Waals surface area contributed by atoms with Gasteiger partial charge in [0.25, 0.3) is 0 Å². The second-order valence-electron chi connectivity index (χ2n) is 3.07. The Labute approximate surface area is 86.8 Å². The predicted molar refractivity (Wildman–Crippen MR) is 53.0 cm³/mol. The molecule has 0 bridgehead atoms. The van der Waals surface area contributed by atoms with Gasteiger partial charge in [-0.2, -0.15) is 0 Å². The van der Waals surface area contributed by atoms with Crippen LogP contribution in [0.25, 0.3) is 0 Å². The molecular formula is C10H12FNO3. The number of hydrogen-bond donors (Lipinski definition) is 0.